The number of nitrogens with one attached hydrogen (secondary N) is 1. The topological polar surface area (TPSA) is 113 Å². The van der Waals surface area contributed by atoms with Crippen LogP contribution in [-0.2, 0) is 10.1 Å². The van der Waals surface area contributed by atoms with Gasteiger partial charge < -0.3 is 16.0 Å². The first-order chi connectivity index (χ1) is 16.7. The minimum Gasteiger partial charge on any atom is -0.399 e. The molecule has 4 rings (SSSR count). The van der Waals surface area contributed by atoms with E-state index in [1.165, 1.54) is 24.3 Å². The van der Waals surface area contributed by atoms with E-state index in [1.54, 1.807) is 11.3 Å². The fourth-order valence-electron chi connectivity index (χ4n) is 3.71. The number of hydrogen-bond acceptors (Lipinski definition) is 7. The number of anilines is 2. The molecule has 4 N–H and O–H groups in total. The van der Waals surface area contributed by atoms with Crippen LogP contribution in [0, 0.1) is 6.92 Å². The third-order valence-corrected chi connectivity index (χ3v) is 7.92. The minimum absolute atomic E-state index is 0.133. The number of nitrogens with zero attached hydrogens (tertiary/aromatic N) is 1. The number of likely N-dealkylation sites (N-methyl/N-ethyl adjacent to an activating group) is 1. The summed E-state index contributed by atoms with van der Waals surface area (Å²) in [5.74, 6) is 0. The van der Waals surface area contributed by atoms with Gasteiger partial charge in [0, 0.05) is 39.3 Å². The van der Waals surface area contributed by atoms with E-state index in [9.17, 15) is 13.2 Å². The van der Waals surface area contributed by atoms with Crippen molar-refractivity contribution in [2.24, 2.45) is 0 Å². The second-order valence-electron chi connectivity index (χ2n) is 8.06. The predicted octanol–water partition coefficient (Wildman–Crippen LogP) is 4.99. The summed E-state index contributed by atoms with van der Waals surface area (Å²) < 4.78 is 31.6. The Hall–Kier alpha value is -2.98. The van der Waals surface area contributed by atoms with Gasteiger partial charge in [-0.2, -0.15) is 8.42 Å². The van der Waals surface area contributed by atoms with E-state index in [-0.39, 0.29) is 10.3 Å². The monoisotopic (exact) mass is 513 g/mol. The van der Waals surface area contributed by atoms with Crippen LogP contribution in [-0.4, -0.2) is 44.0 Å². The van der Waals surface area contributed by atoms with E-state index < -0.39 is 10.1 Å². The number of nitrogens with two attached hydrogens (primary N) is 1. The maximum atomic E-state index is 13.0. The Labute approximate surface area is 210 Å². The summed E-state index contributed by atoms with van der Waals surface area (Å²) >= 11 is 1.70. The van der Waals surface area contributed by atoms with Crippen LogP contribution < -0.4 is 16.5 Å². The summed E-state index contributed by atoms with van der Waals surface area (Å²) in [6.45, 7) is 10.3. The summed E-state index contributed by atoms with van der Waals surface area (Å²) in [6.07, 6.45) is 0. The van der Waals surface area contributed by atoms with Gasteiger partial charge in [0.05, 0.1) is 10.3 Å². The predicted molar refractivity (Wildman–Crippen MR) is 147 cm³/mol. The average Bonchev–Trinajstić information content (AvgIpc) is 2.84. The zero-order valence-corrected chi connectivity index (χ0v) is 21.7. The summed E-state index contributed by atoms with van der Waals surface area (Å²) in [7, 11) is -4.08. The molecule has 35 heavy (non-hydrogen) atoms. The molecule has 0 aliphatic carbocycles. The number of hydrogen-bond donors (Lipinski definition) is 3. The third kappa shape index (κ3) is 6.58. The van der Waals surface area contributed by atoms with E-state index in [4.69, 9.17) is 10.3 Å². The highest BCUT2D eigenvalue weighted by Gasteiger charge is 2.12. The number of benzene rings is 3. The number of rotatable bonds is 7. The van der Waals surface area contributed by atoms with Gasteiger partial charge in [-0.15, -0.1) is 11.3 Å². The first-order valence-corrected chi connectivity index (χ1v) is 13.7. The second-order valence-corrected chi connectivity index (χ2v) is 10.5. The molecule has 0 amide bonds. The molecule has 0 saturated carbocycles. The summed E-state index contributed by atoms with van der Waals surface area (Å²) in [4.78, 5) is 15.3. The molecule has 0 atom stereocenters. The van der Waals surface area contributed by atoms with Crippen molar-refractivity contribution in [3.8, 4) is 0 Å². The number of fused-ring (bicyclic) bond motifs is 2. The van der Waals surface area contributed by atoms with Crippen LogP contribution in [0.1, 0.15) is 19.4 Å². The standard InChI is InChI=1S/C20H24N2OS.C6H7NO3S/c1-4-22(5-2)13-12-21-16-11-10-14(3)20-18(16)19(23)15-8-6-7-9-17(15)24-20;7-5-1-3-6(4-2-5)11(8,9)10/h6-11,21H,4-5,12-13H2,1-3H3;1-4H,7H2,(H,8,9,10). The summed E-state index contributed by atoms with van der Waals surface area (Å²) in [6, 6.07) is 17.3. The maximum absolute atomic E-state index is 13.0. The van der Waals surface area contributed by atoms with Gasteiger partial charge in [-0.25, -0.2) is 0 Å². The Morgan fingerprint density at radius 3 is 2.29 bits per heavy atom. The Bertz CT molecular complexity index is 1460. The van der Waals surface area contributed by atoms with Crippen molar-refractivity contribution in [3.05, 3.63) is 76.5 Å². The molecular formula is C26H31N3O4S2. The largest absolute Gasteiger partial charge is 0.399 e. The van der Waals surface area contributed by atoms with Crippen molar-refractivity contribution >= 4 is 53.0 Å². The summed E-state index contributed by atoms with van der Waals surface area (Å²) in [5, 5.41) is 5.13. The third-order valence-electron chi connectivity index (χ3n) is 5.74. The number of nitrogen functional groups attached to an aromatic ring is 1. The van der Waals surface area contributed by atoms with Crippen molar-refractivity contribution in [2.45, 2.75) is 25.7 Å². The van der Waals surface area contributed by atoms with E-state index in [0.717, 1.165) is 57.6 Å². The highest BCUT2D eigenvalue weighted by molar-refractivity contribution is 7.85. The molecule has 0 spiro atoms. The van der Waals surface area contributed by atoms with Gasteiger partial charge in [0.1, 0.15) is 0 Å². The molecule has 4 aromatic rings. The highest BCUT2D eigenvalue weighted by atomic mass is 32.2. The van der Waals surface area contributed by atoms with Crippen LogP contribution in [0.5, 0.6) is 0 Å². The van der Waals surface area contributed by atoms with Crippen LogP contribution in [0.15, 0.2) is 70.4 Å². The van der Waals surface area contributed by atoms with Crippen LogP contribution >= 0.6 is 11.3 Å². The second kappa shape index (κ2) is 11.6. The van der Waals surface area contributed by atoms with Crippen molar-refractivity contribution in [1.29, 1.82) is 0 Å². The van der Waals surface area contributed by atoms with Crippen LogP contribution in [0.4, 0.5) is 11.4 Å². The average molecular weight is 514 g/mol. The molecule has 9 heteroatoms. The first-order valence-electron chi connectivity index (χ1n) is 11.4. The van der Waals surface area contributed by atoms with E-state index in [0.29, 0.717) is 5.69 Å². The normalized spacial score (nSPS) is 11.5. The molecule has 1 aromatic heterocycles. The molecule has 0 unspecified atom stereocenters. The van der Waals surface area contributed by atoms with Crippen molar-refractivity contribution < 1.29 is 13.0 Å². The van der Waals surface area contributed by atoms with Crippen molar-refractivity contribution in [2.75, 3.05) is 37.2 Å². The molecule has 1 heterocycles. The molecule has 0 bridgehead atoms. The molecular weight excluding hydrogens is 482 g/mol. The minimum atomic E-state index is -4.08. The molecule has 0 aliphatic heterocycles. The fraction of sp³-hybridized carbons (Fsp3) is 0.269. The maximum Gasteiger partial charge on any atom is 0.294 e. The Balaban J connectivity index is 0.000000261. The lowest BCUT2D eigenvalue weighted by Gasteiger charge is -2.19. The molecule has 0 radical (unpaired) electrons. The van der Waals surface area contributed by atoms with Crippen molar-refractivity contribution in [3.63, 3.8) is 0 Å². The highest BCUT2D eigenvalue weighted by Crippen LogP contribution is 2.31. The van der Waals surface area contributed by atoms with Gasteiger partial charge >= 0.3 is 0 Å². The Morgan fingerprint density at radius 1 is 1.00 bits per heavy atom. The van der Waals surface area contributed by atoms with Crippen LogP contribution in [0.2, 0.25) is 0 Å². The smallest absolute Gasteiger partial charge is 0.294 e. The lowest BCUT2D eigenvalue weighted by Crippen LogP contribution is -2.28. The lowest BCUT2D eigenvalue weighted by atomic mass is 10.1. The van der Waals surface area contributed by atoms with E-state index in [1.807, 2.05) is 30.3 Å². The molecule has 186 valence electrons. The lowest BCUT2D eigenvalue weighted by molar-refractivity contribution is 0.316. The fourth-order valence-corrected chi connectivity index (χ4v) is 5.36. The van der Waals surface area contributed by atoms with Crippen LogP contribution in [0.3, 0.4) is 0 Å². The molecule has 0 aliphatic rings. The molecule has 7 nitrogen and oxygen atoms in total. The van der Waals surface area contributed by atoms with Gasteiger partial charge in [-0.3, -0.25) is 9.35 Å². The van der Waals surface area contributed by atoms with Crippen LogP contribution in [0.25, 0.3) is 20.2 Å². The Morgan fingerprint density at radius 2 is 1.66 bits per heavy atom. The Kier molecular flexibility index (Phi) is 8.85. The summed E-state index contributed by atoms with van der Waals surface area (Å²) in [5.41, 5.74) is 8.00. The first kappa shape index (κ1) is 26.6. The van der Waals surface area contributed by atoms with E-state index in [2.05, 4.69) is 37.1 Å². The van der Waals surface area contributed by atoms with Crippen molar-refractivity contribution in [1.82, 2.24) is 4.90 Å². The zero-order valence-electron chi connectivity index (χ0n) is 20.1. The van der Waals surface area contributed by atoms with E-state index >= 15 is 0 Å². The van der Waals surface area contributed by atoms with Gasteiger partial charge in [0.2, 0.25) is 0 Å². The molecule has 0 saturated heterocycles. The quantitative estimate of drug-likeness (QED) is 0.181. The molecule has 3 aromatic carbocycles. The van der Waals surface area contributed by atoms with Gasteiger partial charge in [-0.1, -0.05) is 32.0 Å². The van der Waals surface area contributed by atoms with Gasteiger partial charge in [-0.05, 0) is 68.0 Å². The number of aryl methyl sites for hydroxylation is 1. The molecule has 0 fully saturated rings. The van der Waals surface area contributed by atoms with Gasteiger partial charge in [0.15, 0.2) is 5.43 Å². The SMILES string of the molecule is CCN(CC)CCNc1ccc(C)c2sc3ccccc3c(=O)c12.Nc1ccc(S(=O)(=O)O)cc1. The zero-order chi connectivity index (χ0) is 25.6. The van der Waals surface area contributed by atoms with Gasteiger partial charge in [0.25, 0.3) is 10.1 Å².